The van der Waals surface area contributed by atoms with Gasteiger partial charge in [-0.15, -0.1) is 0 Å². The predicted molar refractivity (Wildman–Crippen MR) is 73.9 cm³/mol. The fraction of sp³-hybridized carbons (Fsp3) is 0.143. The number of amides is 2. The zero-order valence-electron chi connectivity index (χ0n) is 10.6. The van der Waals surface area contributed by atoms with Crippen LogP contribution in [0.3, 0.4) is 0 Å². The second-order valence-corrected chi connectivity index (χ2v) is 4.65. The van der Waals surface area contributed by atoms with Crippen molar-refractivity contribution >= 4 is 23.4 Å². The van der Waals surface area contributed by atoms with Crippen molar-refractivity contribution in [3.63, 3.8) is 0 Å². The van der Waals surface area contributed by atoms with Gasteiger partial charge in [-0.25, -0.2) is 4.79 Å². The van der Waals surface area contributed by atoms with E-state index in [9.17, 15) is 9.59 Å². The van der Waals surface area contributed by atoms with Crippen molar-refractivity contribution in [2.24, 2.45) is 0 Å². The summed E-state index contributed by atoms with van der Waals surface area (Å²) in [5, 5.41) is 0.579. The average Bonchev–Trinajstić information content (AvgIpc) is 2.40. The summed E-state index contributed by atoms with van der Waals surface area (Å²) in [6.45, 7) is 0. The van der Waals surface area contributed by atoms with E-state index in [0.717, 1.165) is 0 Å². The maximum Gasteiger partial charge on any atom is 0.327 e. The van der Waals surface area contributed by atoms with Gasteiger partial charge in [0, 0.05) is 37.0 Å². The molecular weight excluding hydrogens is 264 g/mol. The lowest BCUT2D eigenvalue weighted by atomic mass is 10.1. The molecule has 1 aliphatic rings. The fourth-order valence-corrected chi connectivity index (χ4v) is 1.81. The smallest absolute Gasteiger partial charge is 0.304 e. The van der Waals surface area contributed by atoms with Crippen LogP contribution < -0.4 is 0 Å². The molecule has 0 spiro atoms. The molecule has 5 heteroatoms. The van der Waals surface area contributed by atoms with Gasteiger partial charge >= 0.3 is 6.03 Å². The van der Waals surface area contributed by atoms with E-state index in [0.29, 0.717) is 16.3 Å². The molecular formula is C14H13ClN2O2. The first-order valence-corrected chi connectivity index (χ1v) is 6.07. The van der Waals surface area contributed by atoms with Crippen molar-refractivity contribution in [3.8, 4) is 0 Å². The van der Waals surface area contributed by atoms with Crippen molar-refractivity contribution in [2.45, 2.75) is 0 Å². The molecule has 1 aliphatic heterocycles. The maximum absolute atomic E-state index is 12.1. The van der Waals surface area contributed by atoms with Crippen molar-refractivity contribution in [2.75, 3.05) is 14.1 Å². The minimum Gasteiger partial charge on any atom is -0.304 e. The van der Waals surface area contributed by atoms with E-state index in [-0.39, 0.29) is 11.8 Å². The Bertz CT molecular complexity index is 576. The zero-order chi connectivity index (χ0) is 14.0. The lowest BCUT2D eigenvalue weighted by Gasteiger charge is -2.27. The van der Waals surface area contributed by atoms with Crippen LogP contribution in [0.5, 0.6) is 0 Å². The summed E-state index contributed by atoms with van der Waals surface area (Å²) in [5.74, 6) is -0.166. The third-order valence-corrected chi connectivity index (χ3v) is 3.10. The molecule has 1 heterocycles. The number of nitrogens with zero attached hydrogens (tertiary/aromatic N) is 2. The van der Waals surface area contributed by atoms with E-state index in [2.05, 4.69) is 0 Å². The van der Waals surface area contributed by atoms with Gasteiger partial charge in [-0.1, -0.05) is 11.6 Å². The Hall–Kier alpha value is -2.07. The second kappa shape index (κ2) is 5.28. The summed E-state index contributed by atoms with van der Waals surface area (Å²) < 4.78 is 0. The zero-order valence-corrected chi connectivity index (χ0v) is 11.4. The molecule has 0 fully saturated rings. The quantitative estimate of drug-likeness (QED) is 0.615. The normalized spacial score (nSPS) is 17.2. The van der Waals surface area contributed by atoms with Crippen LogP contribution in [0.4, 0.5) is 4.79 Å². The first-order valence-electron chi connectivity index (χ1n) is 5.69. The van der Waals surface area contributed by atoms with Crippen LogP contribution in [0.1, 0.15) is 10.4 Å². The SMILES string of the molecule is CN1C=CC(=CC(=O)c2ccc(Cl)cc2)N(C)C1=O. The molecule has 0 aromatic heterocycles. The molecule has 2 amide bonds. The highest BCUT2D eigenvalue weighted by molar-refractivity contribution is 6.30. The van der Waals surface area contributed by atoms with Crippen LogP contribution >= 0.6 is 11.6 Å². The third-order valence-electron chi connectivity index (χ3n) is 2.85. The van der Waals surface area contributed by atoms with E-state index < -0.39 is 0 Å². The summed E-state index contributed by atoms with van der Waals surface area (Å²) in [6, 6.07) is 6.45. The Labute approximate surface area is 116 Å². The molecule has 0 saturated carbocycles. The molecule has 2 rings (SSSR count). The highest BCUT2D eigenvalue weighted by atomic mass is 35.5. The Morgan fingerprint density at radius 2 is 1.84 bits per heavy atom. The molecule has 0 radical (unpaired) electrons. The number of carbonyl (C=O) groups excluding carboxylic acids is 2. The number of allylic oxidation sites excluding steroid dienone is 2. The van der Waals surface area contributed by atoms with Gasteiger partial charge in [-0.2, -0.15) is 0 Å². The van der Waals surface area contributed by atoms with Crippen molar-refractivity contribution in [3.05, 3.63) is 58.9 Å². The summed E-state index contributed by atoms with van der Waals surface area (Å²) in [4.78, 5) is 26.7. The van der Waals surface area contributed by atoms with Crippen LogP contribution in [0.25, 0.3) is 0 Å². The van der Waals surface area contributed by atoms with Gasteiger partial charge in [-0.05, 0) is 30.3 Å². The number of carbonyl (C=O) groups is 2. The van der Waals surface area contributed by atoms with Gasteiger partial charge in [0.05, 0.1) is 5.70 Å². The number of hydrogen-bond acceptors (Lipinski definition) is 2. The van der Waals surface area contributed by atoms with Gasteiger partial charge in [0.15, 0.2) is 5.78 Å². The molecule has 0 N–H and O–H groups in total. The minimum atomic E-state index is -0.183. The molecule has 0 aliphatic carbocycles. The number of rotatable bonds is 2. The highest BCUT2D eigenvalue weighted by Crippen LogP contribution is 2.16. The third kappa shape index (κ3) is 2.85. The van der Waals surface area contributed by atoms with Crippen molar-refractivity contribution < 1.29 is 9.59 Å². The monoisotopic (exact) mass is 276 g/mol. The average molecular weight is 277 g/mol. The molecule has 1 aromatic rings. The first-order chi connectivity index (χ1) is 8.99. The molecule has 1 aromatic carbocycles. The fourth-order valence-electron chi connectivity index (χ4n) is 1.69. The van der Waals surface area contributed by atoms with E-state index in [1.807, 2.05) is 0 Å². The van der Waals surface area contributed by atoms with Crippen LogP contribution in [0, 0.1) is 0 Å². The van der Waals surface area contributed by atoms with Gasteiger partial charge in [0.1, 0.15) is 0 Å². The number of likely N-dealkylation sites (N-methyl/N-ethyl adjacent to an activating group) is 1. The number of benzene rings is 1. The highest BCUT2D eigenvalue weighted by Gasteiger charge is 2.20. The second-order valence-electron chi connectivity index (χ2n) is 4.21. The minimum absolute atomic E-state index is 0.166. The Kier molecular flexibility index (Phi) is 3.71. The van der Waals surface area contributed by atoms with Crippen molar-refractivity contribution in [1.82, 2.24) is 9.80 Å². The number of halogens is 1. The van der Waals surface area contributed by atoms with Crippen molar-refractivity contribution in [1.29, 1.82) is 0 Å². The number of urea groups is 1. The molecule has 0 saturated heterocycles. The van der Waals surface area contributed by atoms with Crippen LogP contribution in [0.15, 0.2) is 48.3 Å². The Balaban J connectivity index is 2.26. The lowest BCUT2D eigenvalue weighted by molar-refractivity contribution is 0.104. The Morgan fingerprint density at radius 1 is 1.21 bits per heavy atom. The lowest BCUT2D eigenvalue weighted by Crippen LogP contribution is -2.38. The number of hydrogen-bond donors (Lipinski definition) is 0. The van der Waals surface area contributed by atoms with Gasteiger partial charge in [0.2, 0.25) is 0 Å². The van der Waals surface area contributed by atoms with Gasteiger partial charge in [0.25, 0.3) is 0 Å². The van der Waals surface area contributed by atoms with E-state index >= 15 is 0 Å². The van der Waals surface area contributed by atoms with Gasteiger partial charge < -0.3 is 4.90 Å². The topological polar surface area (TPSA) is 40.6 Å². The van der Waals surface area contributed by atoms with Gasteiger partial charge in [-0.3, -0.25) is 9.69 Å². The first kappa shape index (κ1) is 13.4. The van der Waals surface area contributed by atoms with E-state index in [4.69, 9.17) is 11.6 Å². The maximum atomic E-state index is 12.1. The summed E-state index contributed by atoms with van der Waals surface area (Å²) in [7, 11) is 3.29. The summed E-state index contributed by atoms with van der Waals surface area (Å²) >= 11 is 5.77. The standard InChI is InChI=1S/C14H13ClN2O2/c1-16-8-7-12(17(2)14(16)19)9-13(18)10-3-5-11(15)6-4-10/h3-9H,1-2H3. The Morgan fingerprint density at radius 3 is 2.47 bits per heavy atom. The summed E-state index contributed by atoms with van der Waals surface area (Å²) in [5.41, 5.74) is 1.09. The largest absolute Gasteiger partial charge is 0.327 e. The van der Waals surface area contributed by atoms with Crippen LogP contribution in [0.2, 0.25) is 5.02 Å². The molecule has 4 nitrogen and oxygen atoms in total. The molecule has 0 unspecified atom stereocenters. The van der Waals surface area contributed by atoms with E-state index in [1.54, 1.807) is 50.6 Å². The molecule has 0 bridgehead atoms. The molecule has 0 atom stereocenters. The van der Waals surface area contributed by atoms with Crippen LogP contribution in [-0.4, -0.2) is 35.7 Å². The predicted octanol–water partition coefficient (Wildman–Crippen LogP) is 2.92. The molecule has 19 heavy (non-hydrogen) atoms. The van der Waals surface area contributed by atoms with E-state index in [1.165, 1.54) is 15.9 Å². The van der Waals surface area contributed by atoms with Crippen LogP contribution in [-0.2, 0) is 0 Å². The molecule has 98 valence electrons. The summed E-state index contributed by atoms with van der Waals surface area (Å²) in [6.07, 6.45) is 4.78. The number of ketones is 1.